The van der Waals surface area contributed by atoms with Crippen LogP contribution in [0.15, 0.2) is 24.3 Å². The number of carbonyl (C=O) groups excluding carboxylic acids is 2. The Morgan fingerprint density at radius 2 is 2.10 bits per heavy atom. The van der Waals surface area contributed by atoms with Gasteiger partial charge in [0.1, 0.15) is 10.8 Å². The van der Waals surface area contributed by atoms with Gasteiger partial charge >= 0.3 is 5.97 Å². The van der Waals surface area contributed by atoms with Crippen molar-refractivity contribution in [3.8, 4) is 5.75 Å². The van der Waals surface area contributed by atoms with Crippen LogP contribution in [-0.2, 0) is 31.5 Å². The molecule has 1 aromatic heterocycles. The Kier molecular flexibility index (Phi) is 6.37. The van der Waals surface area contributed by atoms with Crippen LogP contribution in [-0.4, -0.2) is 44.2 Å². The summed E-state index contributed by atoms with van der Waals surface area (Å²) in [5.41, 5.74) is 0.559. The number of fused-ring (bicyclic) bond motifs is 1. The van der Waals surface area contributed by atoms with E-state index in [0.29, 0.717) is 10.4 Å². The van der Waals surface area contributed by atoms with Crippen molar-refractivity contribution in [2.45, 2.75) is 19.1 Å². The van der Waals surface area contributed by atoms with Crippen LogP contribution in [0.5, 0.6) is 5.75 Å². The van der Waals surface area contributed by atoms with Gasteiger partial charge in [-0.1, -0.05) is 6.07 Å². The van der Waals surface area contributed by atoms with Gasteiger partial charge in [-0.3, -0.25) is 14.9 Å². The topological polar surface area (TPSA) is 142 Å². The maximum absolute atomic E-state index is 12.4. The van der Waals surface area contributed by atoms with Crippen molar-refractivity contribution in [1.82, 2.24) is 0 Å². The second-order valence-corrected chi connectivity index (χ2v) is 9.65. The molecule has 1 aliphatic rings. The molecule has 0 radical (unpaired) electrons. The molecule has 0 unspecified atom stereocenters. The summed E-state index contributed by atoms with van der Waals surface area (Å²) >= 11 is 1.02. The molecule has 1 N–H and O–H groups in total. The van der Waals surface area contributed by atoms with Crippen LogP contribution < -0.4 is 10.1 Å². The Balaban J connectivity index is 1.77. The zero-order valence-corrected chi connectivity index (χ0v) is 17.5. The molecule has 2 aromatic rings. The van der Waals surface area contributed by atoms with Crippen molar-refractivity contribution < 1.29 is 32.4 Å². The normalized spacial score (nSPS) is 14.4. The Labute approximate surface area is 175 Å². The van der Waals surface area contributed by atoms with Crippen LogP contribution in [0.4, 0.5) is 10.7 Å². The minimum absolute atomic E-state index is 0.0770. The summed E-state index contributed by atoms with van der Waals surface area (Å²) in [5, 5.41) is 13.6. The van der Waals surface area contributed by atoms with E-state index in [4.69, 9.17) is 9.47 Å². The first-order valence-corrected chi connectivity index (χ1v) is 11.5. The summed E-state index contributed by atoms with van der Waals surface area (Å²) < 4.78 is 34.2. The minimum atomic E-state index is -3.26. The highest BCUT2D eigenvalue weighted by molar-refractivity contribution is 7.90. The van der Waals surface area contributed by atoms with Crippen LogP contribution >= 0.6 is 11.3 Å². The van der Waals surface area contributed by atoms with E-state index >= 15 is 0 Å². The van der Waals surface area contributed by atoms with Crippen LogP contribution in [0, 0.1) is 10.1 Å². The Morgan fingerprint density at radius 3 is 2.80 bits per heavy atom. The molecule has 12 heteroatoms. The van der Waals surface area contributed by atoms with Crippen molar-refractivity contribution in [1.29, 1.82) is 0 Å². The summed E-state index contributed by atoms with van der Waals surface area (Å²) in [6.45, 7) is 1.32. The Morgan fingerprint density at radius 1 is 1.33 bits per heavy atom. The van der Waals surface area contributed by atoms with Crippen LogP contribution in [0.2, 0.25) is 0 Å². The Bertz CT molecular complexity index is 1110. The van der Waals surface area contributed by atoms with Crippen molar-refractivity contribution in [2.24, 2.45) is 0 Å². The zero-order chi connectivity index (χ0) is 21.9. The van der Waals surface area contributed by atoms with E-state index in [1.165, 1.54) is 24.3 Å². The number of nitrogens with one attached hydrogen (secondary N) is 1. The number of rotatable bonds is 7. The van der Waals surface area contributed by atoms with Gasteiger partial charge in [-0.2, -0.15) is 0 Å². The summed E-state index contributed by atoms with van der Waals surface area (Å²) in [6.07, 6.45) is 0.169. The Hall–Kier alpha value is -2.99. The quantitative estimate of drug-likeness (QED) is 0.382. The highest BCUT2D eigenvalue weighted by Gasteiger charge is 2.32. The third kappa shape index (κ3) is 4.94. The van der Waals surface area contributed by atoms with Crippen molar-refractivity contribution in [2.75, 3.05) is 24.3 Å². The lowest BCUT2D eigenvalue weighted by Crippen LogP contribution is -2.22. The van der Waals surface area contributed by atoms with Crippen LogP contribution in [0.25, 0.3) is 0 Å². The number of benzene rings is 1. The lowest BCUT2D eigenvalue weighted by atomic mass is 10.1. The average molecular weight is 454 g/mol. The first kappa shape index (κ1) is 21.7. The van der Waals surface area contributed by atoms with E-state index in [1.54, 1.807) is 6.92 Å². The van der Waals surface area contributed by atoms with E-state index in [0.717, 1.165) is 11.3 Å². The lowest BCUT2D eigenvalue weighted by Gasteiger charge is -2.13. The molecule has 10 nitrogen and oxygen atoms in total. The number of nitro benzene ring substituents is 1. The molecule has 0 atom stereocenters. The van der Waals surface area contributed by atoms with Gasteiger partial charge in [0.15, 0.2) is 16.4 Å². The third-order valence-electron chi connectivity index (χ3n) is 4.24. The first-order valence-electron chi connectivity index (χ1n) is 8.89. The fourth-order valence-electron chi connectivity index (χ4n) is 2.93. The molecule has 0 saturated heterocycles. The van der Waals surface area contributed by atoms with Gasteiger partial charge in [-0.15, -0.1) is 11.3 Å². The molecule has 2 heterocycles. The molecule has 0 aliphatic carbocycles. The molecule has 30 heavy (non-hydrogen) atoms. The molecular weight excluding hydrogens is 436 g/mol. The standard InChI is InChI=1S/C18H18N2O8S2/c1-2-27-18(22)16-13-6-7-30(25,26)10-14(13)29-17(16)19-15(21)9-28-12-5-3-4-11(8-12)20(23)24/h3-5,8H,2,6-7,9-10H2,1H3,(H,19,21). The van der Waals surface area contributed by atoms with E-state index in [2.05, 4.69) is 5.32 Å². The van der Waals surface area contributed by atoms with Crippen molar-refractivity contribution in [3.63, 3.8) is 0 Å². The highest BCUT2D eigenvalue weighted by Crippen LogP contribution is 2.38. The molecule has 3 rings (SSSR count). The zero-order valence-electron chi connectivity index (χ0n) is 15.9. The maximum atomic E-state index is 12.4. The summed E-state index contributed by atoms with van der Waals surface area (Å²) in [7, 11) is -3.26. The fourth-order valence-corrected chi connectivity index (χ4v) is 5.98. The number of sulfone groups is 1. The van der Waals surface area contributed by atoms with Crippen molar-refractivity contribution in [3.05, 3.63) is 50.4 Å². The molecule has 1 aromatic carbocycles. The second-order valence-electron chi connectivity index (χ2n) is 6.36. The molecule has 0 saturated carbocycles. The van der Waals surface area contributed by atoms with Crippen LogP contribution in [0.1, 0.15) is 27.7 Å². The predicted octanol–water partition coefficient (Wildman–Crippen LogP) is 2.32. The lowest BCUT2D eigenvalue weighted by molar-refractivity contribution is -0.384. The number of thiophene rings is 1. The van der Waals surface area contributed by atoms with Gasteiger partial charge in [-0.25, -0.2) is 13.2 Å². The smallest absolute Gasteiger partial charge is 0.341 e. The average Bonchev–Trinajstić information content (AvgIpc) is 3.02. The minimum Gasteiger partial charge on any atom is -0.484 e. The number of hydrogen-bond acceptors (Lipinski definition) is 9. The molecule has 0 fully saturated rings. The van der Waals surface area contributed by atoms with E-state index in [-0.39, 0.29) is 46.5 Å². The number of nitrogens with zero attached hydrogens (tertiary/aromatic N) is 1. The number of carbonyl (C=O) groups is 2. The maximum Gasteiger partial charge on any atom is 0.341 e. The number of amides is 1. The number of esters is 1. The summed E-state index contributed by atoms with van der Waals surface area (Å²) in [4.78, 5) is 35.5. The number of hydrogen-bond donors (Lipinski definition) is 1. The first-order chi connectivity index (χ1) is 14.2. The monoisotopic (exact) mass is 454 g/mol. The summed E-state index contributed by atoms with van der Waals surface area (Å²) in [6, 6.07) is 5.38. The summed E-state index contributed by atoms with van der Waals surface area (Å²) in [5.74, 6) is -1.37. The predicted molar refractivity (Wildman–Crippen MR) is 109 cm³/mol. The highest BCUT2D eigenvalue weighted by atomic mass is 32.2. The van der Waals surface area contributed by atoms with Gasteiger partial charge < -0.3 is 14.8 Å². The van der Waals surface area contributed by atoms with Gasteiger partial charge in [0.25, 0.3) is 11.6 Å². The molecule has 160 valence electrons. The number of nitro groups is 1. The number of non-ortho nitro benzene ring substituents is 1. The molecule has 0 bridgehead atoms. The number of anilines is 1. The largest absolute Gasteiger partial charge is 0.484 e. The molecule has 0 spiro atoms. The van der Waals surface area contributed by atoms with Gasteiger partial charge in [-0.05, 0) is 25.0 Å². The van der Waals surface area contributed by atoms with Crippen molar-refractivity contribution >= 4 is 43.7 Å². The molecule has 1 amide bonds. The van der Waals surface area contributed by atoms with Gasteiger partial charge in [0.2, 0.25) is 0 Å². The third-order valence-corrected chi connectivity index (χ3v) is 7.12. The SMILES string of the molecule is CCOC(=O)c1c(NC(=O)COc2cccc([N+](=O)[O-])c2)sc2c1CCS(=O)(=O)C2. The molecule has 1 aliphatic heterocycles. The fraction of sp³-hybridized carbons (Fsp3) is 0.333. The van der Waals surface area contributed by atoms with Crippen LogP contribution in [0.3, 0.4) is 0 Å². The van der Waals surface area contributed by atoms with E-state index in [9.17, 15) is 28.1 Å². The molecular formula is C18H18N2O8S2. The van der Waals surface area contributed by atoms with Gasteiger partial charge in [0, 0.05) is 10.9 Å². The van der Waals surface area contributed by atoms with E-state index < -0.39 is 33.2 Å². The second kappa shape index (κ2) is 8.79. The van der Waals surface area contributed by atoms with Gasteiger partial charge in [0.05, 0.1) is 34.7 Å². The number of ether oxygens (including phenoxy) is 2. The van der Waals surface area contributed by atoms with E-state index in [1.807, 2.05) is 0 Å².